The predicted molar refractivity (Wildman–Crippen MR) is 68.2 cm³/mol. The molecule has 0 radical (unpaired) electrons. The number of hydrogen-bond donors (Lipinski definition) is 0. The lowest BCUT2D eigenvalue weighted by molar-refractivity contribution is -0.137. The van der Waals surface area contributed by atoms with Crippen molar-refractivity contribution < 1.29 is 4.79 Å². The number of carbonyl (C=O) groups is 1. The van der Waals surface area contributed by atoms with Gasteiger partial charge < -0.3 is 4.90 Å². The van der Waals surface area contributed by atoms with Crippen molar-refractivity contribution in [1.29, 1.82) is 0 Å². The Bertz CT molecular complexity index is 491. The standard InChI is InChI=1S/C15H17NO/c1-10-7-8-14(17)16-9-12-5-3-4-6-13(12)11(2)15(10)16/h3-6,10,15H,2,7-9H2,1H3. The molecule has 2 aliphatic rings. The van der Waals surface area contributed by atoms with Gasteiger partial charge in [0.25, 0.3) is 0 Å². The van der Waals surface area contributed by atoms with Gasteiger partial charge in [-0.05, 0) is 29.0 Å². The van der Waals surface area contributed by atoms with Crippen LogP contribution >= 0.6 is 0 Å². The molecule has 2 nitrogen and oxygen atoms in total. The minimum absolute atomic E-state index is 0.214. The van der Waals surface area contributed by atoms with Crippen molar-refractivity contribution >= 4 is 11.5 Å². The highest BCUT2D eigenvalue weighted by atomic mass is 16.2. The average Bonchev–Trinajstić information content (AvgIpc) is 2.34. The molecule has 1 fully saturated rings. The van der Waals surface area contributed by atoms with Crippen LogP contribution in [0.2, 0.25) is 0 Å². The van der Waals surface area contributed by atoms with E-state index in [4.69, 9.17) is 0 Å². The van der Waals surface area contributed by atoms with Crippen LogP contribution in [0.3, 0.4) is 0 Å². The van der Waals surface area contributed by atoms with Gasteiger partial charge in [0.2, 0.25) is 5.91 Å². The second-order valence-electron chi connectivity index (χ2n) is 5.16. The summed E-state index contributed by atoms with van der Waals surface area (Å²) in [6, 6.07) is 8.52. The van der Waals surface area contributed by atoms with E-state index in [9.17, 15) is 4.79 Å². The molecule has 1 aromatic carbocycles. The molecule has 0 saturated carbocycles. The van der Waals surface area contributed by atoms with Crippen molar-refractivity contribution in [1.82, 2.24) is 4.90 Å². The molecular formula is C15H17NO. The molecule has 2 unspecified atom stereocenters. The normalized spacial score (nSPS) is 27.7. The Morgan fingerprint density at radius 2 is 2.12 bits per heavy atom. The first-order valence-corrected chi connectivity index (χ1v) is 6.25. The van der Waals surface area contributed by atoms with E-state index in [0.717, 1.165) is 18.5 Å². The zero-order chi connectivity index (χ0) is 12.0. The van der Waals surface area contributed by atoms with Crippen molar-refractivity contribution in [3.05, 3.63) is 42.0 Å². The van der Waals surface area contributed by atoms with Crippen LogP contribution in [0.4, 0.5) is 0 Å². The largest absolute Gasteiger partial charge is 0.331 e. The third-order valence-electron chi connectivity index (χ3n) is 4.07. The van der Waals surface area contributed by atoms with Crippen LogP contribution in [0.5, 0.6) is 0 Å². The van der Waals surface area contributed by atoms with Gasteiger partial charge in [-0.15, -0.1) is 0 Å². The molecule has 0 bridgehead atoms. The van der Waals surface area contributed by atoms with Crippen LogP contribution in [-0.2, 0) is 11.3 Å². The van der Waals surface area contributed by atoms with Crippen LogP contribution < -0.4 is 0 Å². The average molecular weight is 227 g/mol. The van der Waals surface area contributed by atoms with Crippen LogP contribution in [0.25, 0.3) is 5.57 Å². The third kappa shape index (κ3) is 1.51. The number of fused-ring (bicyclic) bond motifs is 2. The molecule has 1 amide bonds. The summed E-state index contributed by atoms with van der Waals surface area (Å²) in [5, 5.41) is 0. The molecule has 3 rings (SSSR count). The fourth-order valence-corrected chi connectivity index (χ4v) is 3.15. The highest BCUT2D eigenvalue weighted by molar-refractivity contribution is 5.84. The summed E-state index contributed by atoms with van der Waals surface area (Å²) in [7, 11) is 0. The first-order chi connectivity index (χ1) is 8.18. The van der Waals surface area contributed by atoms with Crippen molar-refractivity contribution in [3.63, 3.8) is 0 Å². The number of amides is 1. The Morgan fingerprint density at radius 1 is 1.35 bits per heavy atom. The van der Waals surface area contributed by atoms with Gasteiger partial charge in [0.05, 0.1) is 6.04 Å². The fourth-order valence-electron chi connectivity index (χ4n) is 3.15. The van der Waals surface area contributed by atoms with E-state index in [1.165, 1.54) is 11.1 Å². The van der Waals surface area contributed by atoms with E-state index in [1.807, 2.05) is 11.0 Å². The van der Waals surface area contributed by atoms with Gasteiger partial charge in [0, 0.05) is 13.0 Å². The molecule has 88 valence electrons. The highest BCUT2D eigenvalue weighted by Crippen LogP contribution is 2.39. The number of nitrogens with zero attached hydrogens (tertiary/aromatic N) is 1. The Labute approximate surface area is 102 Å². The smallest absolute Gasteiger partial charge is 0.223 e. The Kier molecular flexibility index (Phi) is 2.32. The number of piperidine rings is 1. The summed E-state index contributed by atoms with van der Waals surface area (Å²) >= 11 is 0. The summed E-state index contributed by atoms with van der Waals surface area (Å²) in [6.45, 7) is 7.21. The number of hydrogen-bond acceptors (Lipinski definition) is 1. The zero-order valence-electron chi connectivity index (χ0n) is 10.1. The molecule has 2 heterocycles. The monoisotopic (exact) mass is 227 g/mol. The van der Waals surface area contributed by atoms with Crippen LogP contribution in [0.15, 0.2) is 30.8 Å². The first kappa shape index (κ1) is 10.6. The van der Waals surface area contributed by atoms with E-state index in [-0.39, 0.29) is 11.9 Å². The van der Waals surface area contributed by atoms with Gasteiger partial charge in [0.1, 0.15) is 0 Å². The second kappa shape index (κ2) is 3.73. The van der Waals surface area contributed by atoms with Gasteiger partial charge in [-0.1, -0.05) is 37.8 Å². The maximum Gasteiger partial charge on any atom is 0.223 e. The van der Waals surface area contributed by atoms with Crippen LogP contribution in [0.1, 0.15) is 30.9 Å². The van der Waals surface area contributed by atoms with Gasteiger partial charge in [-0.3, -0.25) is 4.79 Å². The maximum absolute atomic E-state index is 12.0. The molecule has 1 aromatic rings. The zero-order valence-corrected chi connectivity index (χ0v) is 10.1. The van der Waals surface area contributed by atoms with Gasteiger partial charge in [0.15, 0.2) is 0 Å². The third-order valence-corrected chi connectivity index (χ3v) is 4.07. The molecule has 0 aromatic heterocycles. The lowest BCUT2D eigenvalue weighted by Gasteiger charge is -2.44. The molecule has 0 spiro atoms. The van der Waals surface area contributed by atoms with Gasteiger partial charge in [-0.25, -0.2) is 0 Å². The first-order valence-electron chi connectivity index (χ1n) is 6.25. The van der Waals surface area contributed by atoms with Gasteiger partial charge >= 0.3 is 0 Å². The minimum atomic E-state index is 0.214. The minimum Gasteiger partial charge on any atom is -0.331 e. The van der Waals surface area contributed by atoms with E-state index >= 15 is 0 Å². The molecular weight excluding hydrogens is 210 g/mol. The molecule has 1 saturated heterocycles. The van der Waals surface area contributed by atoms with Crippen molar-refractivity contribution in [2.75, 3.05) is 0 Å². The van der Waals surface area contributed by atoms with E-state index in [1.54, 1.807) is 0 Å². The van der Waals surface area contributed by atoms with Crippen LogP contribution in [0, 0.1) is 5.92 Å². The van der Waals surface area contributed by atoms with Gasteiger partial charge in [-0.2, -0.15) is 0 Å². The van der Waals surface area contributed by atoms with E-state index < -0.39 is 0 Å². The maximum atomic E-state index is 12.0. The lowest BCUT2D eigenvalue weighted by atomic mass is 9.79. The molecule has 2 aliphatic heterocycles. The Balaban J connectivity index is 2.08. The van der Waals surface area contributed by atoms with E-state index in [0.29, 0.717) is 12.3 Å². The number of rotatable bonds is 0. The predicted octanol–water partition coefficient (Wildman–Crippen LogP) is 2.84. The van der Waals surface area contributed by atoms with Crippen molar-refractivity contribution in [3.8, 4) is 0 Å². The topological polar surface area (TPSA) is 20.3 Å². The molecule has 0 aliphatic carbocycles. The van der Waals surface area contributed by atoms with Crippen LogP contribution in [-0.4, -0.2) is 16.8 Å². The fraction of sp³-hybridized carbons (Fsp3) is 0.400. The summed E-state index contributed by atoms with van der Waals surface area (Å²) in [5.74, 6) is 0.803. The Morgan fingerprint density at radius 3 is 2.94 bits per heavy atom. The SMILES string of the molecule is C=C1c2ccccc2CN2C(=O)CCC(C)C12. The number of benzene rings is 1. The van der Waals surface area contributed by atoms with E-state index in [2.05, 4.69) is 31.7 Å². The molecule has 0 N–H and O–H groups in total. The quantitative estimate of drug-likeness (QED) is 0.667. The molecule has 17 heavy (non-hydrogen) atoms. The van der Waals surface area contributed by atoms with Crippen molar-refractivity contribution in [2.24, 2.45) is 5.92 Å². The van der Waals surface area contributed by atoms with Crippen molar-refractivity contribution in [2.45, 2.75) is 32.4 Å². The summed E-state index contributed by atoms with van der Waals surface area (Å²) < 4.78 is 0. The Hall–Kier alpha value is -1.57. The molecule has 2 heteroatoms. The second-order valence-corrected chi connectivity index (χ2v) is 5.16. The molecule has 2 atom stereocenters. The summed E-state index contributed by atoms with van der Waals surface area (Å²) in [4.78, 5) is 14.0. The summed E-state index contributed by atoms with van der Waals surface area (Å²) in [6.07, 6.45) is 1.67. The lowest BCUT2D eigenvalue weighted by Crippen LogP contribution is -2.49. The highest BCUT2D eigenvalue weighted by Gasteiger charge is 2.38. The summed E-state index contributed by atoms with van der Waals surface area (Å²) in [5.41, 5.74) is 3.60. The number of carbonyl (C=O) groups excluding carboxylic acids is 1.